The molecule has 2 heterocycles. The van der Waals surface area contributed by atoms with Gasteiger partial charge in [0.05, 0.1) is 5.69 Å². The normalized spacial score (nSPS) is 20.9. The molecule has 5 heteroatoms. The third-order valence-corrected chi connectivity index (χ3v) is 5.83. The van der Waals surface area contributed by atoms with E-state index in [1.807, 2.05) is 41.9 Å². The zero-order chi connectivity index (χ0) is 20.1. The van der Waals surface area contributed by atoms with Crippen LogP contribution in [0.2, 0.25) is 0 Å². The van der Waals surface area contributed by atoms with Gasteiger partial charge in [-0.15, -0.1) is 0 Å². The molecule has 1 aromatic heterocycles. The second kappa shape index (κ2) is 6.69. The minimum atomic E-state index is -0.265. The van der Waals surface area contributed by atoms with Crippen LogP contribution in [0.5, 0.6) is 0 Å². The fourth-order valence-electron chi connectivity index (χ4n) is 4.59. The highest BCUT2D eigenvalue weighted by molar-refractivity contribution is 6.00. The van der Waals surface area contributed by atoms with E-state index < -0.39 is 0 Å². The smallest absolute Gasteiger partial charge is 0.163 e. The summed E-state index contributed by atoms with van der Waals surface area (Å²) in [7, 11) is 0. The molecule has 5 rings (SSSR count). The van der Waals surface area contributed by atoms with Crippen molar-refractivity contribution >= 4 is 11.6 Å². The molecule has 0 amide bonds. The molecule has 29 heavy (non-hydrogen) atoms. The van der Waals surface area contributed by atoms with Gasteiger partial charge in [0, 0.05) is 23.3 Å². The molecule has 2 atom stereocenters. The second-order valence-corrected chi connectivity index (χ2v) is 8.03. The van der Waals surface area contributed by atoms with Crippen LogP contribution < -0.4 is 5.32 Å². The number of anilines is 1. The molecule has 1 N–H and O–H groups in total. The maximum atomic E-state index is 13.5. The Morgan fingerprint density at radius 1 is 1.07 bits per heavy atom. The van der Waals surface area contributed by atoms with Gasteiger partial charge in [0.2, 0.25) is 0 Å². The molecule has 0 unspecified atom stereocenters. The van der Waals surface area contributed by atoms with Crippen LogP contribution in [0, 0.1) is 18.7 Å². The van der Waals surface area contributed by atoms with Gasteiger partial charge in [0.1, 0.15) is 17.7 Å². The number of hydrogen-bond acceptors (Lipinski definition) is 3. The van der Waals surface area contributed by atoms with Gasteiger partial charge in [-0.05, 0) is 42.5 Å². The third kappa shape index (κ3) is 2.89. The average Bonchev–Trinajstić information content (AvgIpc) is 3.03. The summed E-state index contributed by atoms with van der Waals surface area (Å²) in [6, 6.07) is 16.3. The van der Waals surface area contributed by atoms with E-state index in [0.717, 1.165) is 45.9 Å². The molecular weight excluding hydrogens is 365 g/mol. The van der Waals surface area contributed by atoms with E-state index in [2.05, 4.69) is 12.2 Å². The molecule has 0 saturated heterocycles. The van der Waals surface area contributed by atoms with Crippen LogP contribution in [0.4, 0.5) is 10.2 Å². The summed E-state index contributed by atoms with van der Waals surface area (Å²) < 4.78 is 15.4. The van der Waals surface area contributed by atoms with E-state index in [-0.39, 0.29) is 17.6 Å². The van der Waals surface area contributed by atoms with Crippen molar-refractivity contribution in [1.82, 2.24) is 9.78 Å². The standard InChI is InChI=1S/C24H22FN3O/c1-14-12-19-22(20(29)13-14)23(17-6-4-3-5-7-17)28-24(26-19)21(15(2)27-28)16-8-10-18(25)11-9-16/h3-11,14,23,26H,12-13H2,1-2H3/t14-,23-/m1/s1. The lowest BCUT2D eigenvalue weighted by Crippen LogP contribution is -2.33. The van der Waals surface area contributed by atoms with Crippen LogP contribution in [0.15, 0.2) is 65.9 Å². The van der Waals surface area contributed by atoms with E-state index in [1.165, 1.54) is 12.1 Å². The van der Waals surface area contributed by atoms with E-state index in [1.54, 1.807) is 12.1 Å². The summed E-state index contributed by atoms with van der Waals surface area (Å²) in [6.45, 7) is 4.07. The van der Waals surface area contributed by atoms with Crippen molar-refractivity contribution in [3.05, 3.63) is 82.9 Å². The monoisotopic (exact) mass is 387 g/mol. The Balaban J connectivity index is 1.74. The molecular formula is C24H22FN3O. The van der Waals surface area contributed by atoms with Gasteiger partial charge in [-0.3, -0.25) is 4.79 Å². The van der Waals surface area contributed by atoms with E-state index in [0.29, 0.717) is 12.3 Å². The zero-order valence-electron chi connectivity index (χ0n) is 16.4. The Kier molecular flexibility index (Phi) is 4.12. The van der Waals surface area contributed by atoms with Gasteiger partial charge < -0.3 is 5.32 Å². The molecule has 0 radical (unpaired) electrons. The number of Topliss-reactive ketones (excluding diaryl/α,β-unsaturated/α-hetero) is 1. The summed E-state index contributed by atoms with van der Waals surface area (Å²) in [4.78, 5) is 13.1. The quantitative estimate of drug-likeness (QED) is 0.652. The number of nitrogens with zero attached hydrogens (tertiary/aromatic N) is 2. The summed E-state index contributed by atoms with van der Waals surface area (Å²) >= 11 is 0. The fourth-order valence-corrected chi connectivity index (χ4v) is 4.59. The molecule has 0 spiro atoms. The number of carbonyl (C=O) groups excluding carboxylic acids is 1. The minimum Gasteiger partial charge on any atom is -0.343 e. The highest BCUT2D eigenvalue weighted by Crippen LogP contribution is 2.45. The second-order valence-electron chi connectivity index (χ2n) is 8.03. The fraction of sp³-hybridized carbons (Fsp3) is 0.250. The van der Waals surface area contributed by atoms with Crippen molar-refractivity contribution < 1.29 is 9.18 Å². The number of benzene rings is 2. The lowest BCUT2D eigenvalue weighted by atomic mass is 9.81. The first-order valence-corrected chi connectivity index (χ1v) is 9.96. The van der Waals surface area contributed by atoms with Crippen LogP contribution >= 0.6 is 0 Å². The summed E-state index contributed by atoms with van der Waals surface area (Å²) in [5.74, 6) is 1.08. The Hall–Kier alpha value is -3.21. The Morgan fingerprint density at radius 2 is 1.79 bits per heavy atom. The maximum absolute atomic E-state index is 13.5. The zero-order valence-corrected chi connectivity index (χ0v) is 16.4. The van der Waals surface area contributed by atoms with E-state index in [4.69, 9.17) is 5.10 Å². The average molecular weight is 387 g/mol. The van der Waals surface area contributed by atoms with Gasteiger partial charge in [-0.25, -0.2) is 9.07 Å². The molecule has 4 nitrogen and oxygen atoms in total. The van der Waals surface area contributed by atoms with E-state index >= 15 is 0 Å². The summed E-state index contributed by atoms with van der Waals surface area (Å²) in [5.41, 5.74) is 5.54. The Morgan fingerprint density at radius 3 is 2.52 bits per heavy atom. The van der Waals surface area contributed by atoms with Gasteiger partial charge in [0.25, 0.3) is 0 Å². The SMILES string of the molecule is Cc1nn2c(c1-c1ccc(F)cc1)NC1=C(C(=O)C[C@H](C)C1)[C@H]2c1ccccc1. The first-order valence-electron chi connectivity index (χ1n) is 9.96. The van der Waals surface area contributed by atoms with Crippen molar-refractivity contribution in [1.29, 1.82) is 0 Å². The largest absolute Gasteiger partial charge is 0.343 e. The number of carbonyl (C=O) groups is 1. The van der Waals surface area contributed by atoms with Crippen molar-refractivity contribution in [2.45, 2.75) is 32.7 Å². The number of nitrogens with one attached hydrogen (secondary N) is 1. The molecule has 0 bridgehead atoms. The molecule has 1 aliphatic carbocycles. The van der Waals surface area contributed by atoms with Crippen LogP contribution in [-0.4, -0.2) is 15.6 Å². The van der Waals surface area contributed by atoms with Gasteiger partial charge >= 0.3 is 0 Å². The molecule has 2 aromatic carbocycles. The van der Waals surface area contributed by atoms with Crippen molar-refractivity contribution in [3.8, 4) is 11.1 Å². The number of aryl methyl sites for hydroxylation is 1. The number of allylic oxidation sites excluding steroid dienone is 2. The first-order chi connectivity index (χ1) is 14.0. The van der Waals surface area contributed by atoms with E-state index in [9.17, 15) is 9.18 Å². The Labute approximate surface area is 169 Å². The highest BCUT2D eigenvalue weighted by Gasteiger charge is 2.39. The number of rotatable bonds is 2. The lowest BCUT2D eigenvalue weighted by molar-refractivity contribution is -0.117. The van der Waals surface area contributed by atoms with Crippen LogP contribution in [0.1, 0.15) is 37.1 Å². The van der Waals surface area contributed by atoms with Gasteiger partial charge in [-0.1, -0.05) is 49.4 Å². The van der Waals surface area contributed by atoms with Crippen LogP contribution in [-0.2, 0) is 4.79 Å². The van der Waals surface area contributed by atoms with Crippen molar-refractivity contribution in [2.24, 2.45) is 5.92 Å². The molecule has 3 aromatic rings. The predicted molar refractivity (Wildman–Crippen MR) is 111 cm³/mol. The van der Waals surface area contributed by atoms with Gasteiger partial charge in [0.15, 0.2) is 5.78 Å². The third-order valence-electron chi connectivity index (χ3n) is 5.83. The molecule has 2 aliphatic rings. The molecule has 1 aliphatic heterocycles. The van der Waals surface area contributed by atoms with Crippen LogP contribution in [0.25, 0.3) is 11.1 Å². The van der Waals surface area contributed by atoms with Gasteiger partial charge in [-0.2, -0.15) is 5.10 Å². The summed E-state index contributed by atoms with van der Waals surface area (Å²) in [5, 5.41) is 8.35. The predicted octanol–water partition coefficient (Wildman–Crippen LogP) is 5.27. The maximum Gasteiger partial charge on any atom is 0.163 e. The number of aromatic nitrogens is 2. The topological polar surface area (TPSA) is 46.9 Å². The molecule has 146 valence electrons. The minimum absolute atomic E-state index is 0.183. The summed E-state index contributed by atoms with van der Waals surface area (Å²) in [6.07, 6.45) is 1.39. The number of halogens is 1. The molecule has 0 saturated carbocycles. The lowest BCUT2D eigenvalue weighted by Gasteiger charge is -2.35. The van der Waals surface area contributed by atoms with Crippen molar-refractivity contribution in [3.63, 3.8) is 0 Å². The number of fused-ring (bicyclic) bond motifs is 1. The number of ketones is 1. The van der Waals surface area contributed by atoms with Crippen LogP contribution in [0.3, 0.4) is 0 Å². The highest BCUT2D eigenvalue weighted by atomic mass is 19.1. The molecule has 0 fully saturated rings. The number of hydrogen-bond donors (Lipinski definition) is 1. The Bertz CT molecular complexity index is 1130. The first kappa shape index (κ1) is 17.9. The van der Waals surface area contributed by atoms with Crippen molar-refractivity contribution in [2.75, 3.05) is 5.32 Å².